The first-order valence-corrected chi connectivity index (χ1v) is 14.0. The van der Waals surface area contributed by atoms with Gasteiger partial charge >= 0.3 is 6.01 Å². The fourth-order valence-corrected chi connectivity index (χ4v) is 6.72. The molecule has 6 heterocycles. The van der Waals surface area contributed by atoms with Crippen LogP contribution in [0.25, 0.3) is 33.2 Å². The molecule has 12 heteroatoms. The maximum absolute atomic E-state index is 15.8. The molecule has 3 aliphatic heterocycles. The molecule has 214 valence electrons. The third kappa shape index (κ3) is 4.49. The molecule has 41 heavy (non-hydrogen) atoms. The highest BCUT2D eigenvalue weighted by atomic mass is 19.1. The summed E-state index contributed by atoms with van der Waals surface area (Å²) in [6.45, 7) is 5.54. The fourth-order valence-electron chi connectivity index (χ4n) is 6.72. The number of fused-ring (bicyclic) bond motifs is 3. The van der Waals surface area contributed by atoms with Gasteiger partial charge < -0.3 is 19.9 Å². The summed E-state index contributed by atoms with van der Waals surface area (Å²) in [6, 6.07) is 6.98. The van der Waals surface area contributed by atoms with Crippen LogP contribution in [0.5, 0.6) is 6.01 Å². The van der Waals surface area contributed by atoms with Crippen molar-refractivity contribution >= 4 is 27.6 Å². The van der Waals surface area contributed by atoms with Gasteiger partial charge in [-0.05, 0) is 43.8 Å². The van der Waals surface area contributed by atoms with Crippen LogP contribution < -0.4 is 20.5 Å². The number of aromatic nitrogens is 4. The summed E-state index contributed by atoms with van der Waals surface area (Å²) >= 11 is 0. The lowest BCUT2D eigenvalue weighted by Gasteiger charge is -2.35. The summed E-state index contributed by atoms with van der Waals surface area (Å²) in [5.74, 6) is -0.879. The maximum atomic E-state index is 15.8. The molecular formula is C29H30F3N7O2. The summed E-state index contributed by atoms with van der Waals surface area (Å²) in [5, 5.41) is 4.10. The van der Waals surface area contributed by atoms with Crippen LogP contribution in [-0.4, -0.2) is 81.9 Å². The molecule has 1 aromatic carbocycles. The molecule has 0 bridgehead atoms. The lowest BCUT2D eigenvalue weighted by atomic mass is 9.95. The number of nitrogens with one attached hydrogen (secondary N) is 2. The van der Waals surface area contributed by atoms with Crippen molar-refractivity contribution in [1.29, 1.82) is 0 Å². The summed E-state index contributed by atoms with van der Waals surface area (Å²) in [5.41, 5.74) is -1.06. The van der Waals surface area contributed by atoms with Crippen LogP contribution in [-0.2, 0) is 0 Å². The highest BCUT2D eigenvalue weighted by molar-refractivity contribution is 5.96. The van der Waals surface area contributed by atoms with Gasteiger partial charge in [-0.3, -0.25) is 9.69 Å². The van der Waals surface area contributed by atoms with E-state index in [-0.39, 0.29) is 41.1 Å². The van der Waals surface area contributed by atoms with Gasteiger partial charge in [-0.2, -0.15) is 9.97 Å². The first-order valence-electron chi connectivity index (χ1n) is 14.0. The molecular weight excluding hydrogens is 535 g/mol. The van der Waals surface area contributed by atoms with Gasteiger partial charge in [-0.15, -0.1) is 0 Å². The number of benzene rings is 1. The first-order chi connectivity index (χ1) is 19.8. The number of aromatic amines is 1. The molecule has 9 nitrogen and oxygen atoms in total. The lowest BCUT2D eigenvalue weighted by molar-refractivity contribution is 0.107. The highest BCUT2D eigenvalue weighted by Gasteiger charge is 2.49. The van der Waals surface area contributed by atoms with Crippen molar-refractivity contribution in [3.05, 3.63) is 52.3 Å². The number of pyridine rings is 2. The van der Waals surface area contributed by atoms with Gasteiger partial charge in [0.25, 0.3) is 0 Å². The molecule has 7 rings (SSSR count). The van der Waals surface area contributed by atoms with E-state index in [0.29, 0.717) is 49.2 Å². The van der Waals surface area contributed by atoms with Crippen molar-refractivity contribution in [3.63, 3.8) is 0 Å². The van der Waals surface area contributed by atoms with Gasteiger partial charge in [0, 0.05) is 50.1 Å². The van der Waals surface area contributed by atoms with Gasteiger partial charge in [0.1, 0.15) is 30.1 Å². The normalized spacial score (nSPS) is 24.8. The van der Waals surface area contributed by atoms with Crippen molar-refractivity contribution in [1.82, 2.24) is 30.2 Å². The van der Waals surface area contributed by atoms with Gasteiger partial charge in [0.05, 0.1) is 16.6 Å². The minimum atomic E-state index is -0.899. The van der Waals surface area contributed by atoms with Crippen molar-refractivity contribution < 1.29 is 17.9 Å². The SMILES string of the molecule is C[C@H]1CNCCN1c1nc(OC[C@@]23CCCN2C[C@H](F)C3)nc2nc(-c3[nH]c(=O)cc4cccc(F)c34)c(F)cc12. The number of alkyl halides is 1. The molecule has 4 aromatic rings. The highest BCUT2D eigenvalue weighted by Crippen LogP contribution is 2.41. The predicted molar refractivity (Wildman–Crippen MR) is 149 cm³/mol. The van der Waals surface area contributed by atoms with E-state index in [9.17, 15) is 13.6 Å². The summed E-state index contributed by atoms with van der Waals surface area (Å²) in [4.78, 5) is 33.0. The van der Waals surface area contributed by atoms with E-state index < -0.39 is 28.9 Å². The van der Waals surface area contributed by atoms with Crippen molar-refractivity contribution in [2.45, 2.75) is 43.9 Å². The summed E-state index contributed by atoms with van der Waals surface area (Å²) in [7, 11) is 0. The predicted octanol–water partition coefficient (Wildman–Crippen LogP) is 3.56. The van der Waals surface area contributed by atoms with E-state index in [2.05, 4.69) is 30.1 Å². The topological polar surface area (TPSA) is 99.3 Å². The lowest BCUT2D eigenvalue weighted by Crippen LogP contribution is -2.50. The Balaban J connectivity index is 1.37. The molecule has 0 amide bonds. The maximum Gasteiger partial charge on any atom is 0.320 e. The number of rotatable bonds is 5. The Kier molecular flexibility index (Phi) is 6.35. The Morgan fingerprint density at radius 1 is 1.15 bits per heavy atom. The van der Waals surface area contributed by atoms with E-state index in [1.165, 1.54) is 24.3 Å². The number of nitrogens with zero attached hydrogens (tertiary/aromatic N) is 5. The number of piperazine rings is 1. The van der Waals surface area contributed by atoms with Crippen LogP contribution in [0.3, 0.4) is 0 Å². The molecule has 3 fully saturated rings. The molecule has 3 aromatic heterocycles. The van der Waals surface area contributed by atoms with Gasteiger partial charge in [-0.1, -0.05) is 12.1 Å². The smallest absolute Gasteiger partial charge is 0.320 e. The number of H-pyrrole nitrogens is 1. The largest absolute Gasteiger partial charge is 0.461 e. The second kappa shape index (κ2) is 9.95. The quantitative estimate of drug-likeness (QED) is 0.379. The van der Waals surface area contributed by atoms with Gasteiger partial charge in [0.2, 0.25) is 5.56 Å². The van der Waals surface area contributed by atoms with Crippen molar-refractivity contribution in [2.24, 2.45) is 0 Å². The van der Waals surface area contributed by atoms with Crippen LogP contribution in [0.1, 0.15) is 26.2 Å². The average molecular weight is 566 g/mol. The van der Waals surface area contributed by atoms with Crippen LogP contribution in [0.2, 0.25) is 0 Å². The Labute approximate surface area is 233 Å². The van der Waals surface area contributed by atoms with E-state index in [4.69, 9.17) is 9.72 Å². The van der Waals surface area contributed by atoms with E-state index >= 15 is 4.39 Å². The minimum Gasteiger partial charge on any atom is -0.461 e. The molecule has 0 radical (unpaired) electrons. The molecule has 2 N–H and O–H groups in total. The van der Waals surface area contributed by atoms with Gasteiger partial charge in [0.15, 0.2) is 11.5 Å². The molecule has 3 aliphatic rings. The molecule has 0 aliphatic carbocycles. The second-order valence-electron chi connectivity index (χ2n) is 11.3. The standard InChI is InChI=1S/C29H30F3N7O2/c1-16-13-33-7-9-39(16)27-19-11-21(32)24(25-23-17(10-22(40)34-25)4-2-5-20(23)31)35-26(19)36-28(37-27)41-15-29-6-3-8-38(29)14-18(30)12-29/h2,4-5,10-11,16,18,33H,3,6-9,12-15H2,1H3,(H,34,40)/t16-,18+,29-/m0/s1. The summed E-state index contributed by atoms with van der Waals surface area (Å²) < 4.78 is 51.3. The van der Waals surface area contributed by atoms with Gasteiger partial charge in [-0.25, -0.2) is 18.2 Å². The number of hydrogen-bond acceptors (Lipinski definition) is 8. The van der Waals surface area contributed by atoms with Crippen LogP contribution in [0.4, 0.5) is 19.0 Å². The number of hydrogen-bond donors (Lipinski definition) is 2. The second-order valence-corrected chi connectivity index (χ2v) is 11.3. The molecule has 3 atom stereocenters. The Hall–Kier alpha value is -3.77. The zero-order chi connectivity index (χ0) is 28.3. The summed E-state index contributed by atoms with van der Waals surface area (Å²) in [6.07, 6.45) is 1.30. The molecule has 3 saturated heterocycles. The number of halogens is 3. The average Bonchev–Trinajstić information content (AvgIpc) is 3.47. The Morgan fingerprint density at radius 3 is 2.88 bits per heavy atom. The third-order valence-electron chi connectivity index (χ3n) is 8.67. The Bertz CT molecular complexity index is 1720. The van der Waals surface area contributed by atoms with E-state index in [1.807, 2.05) is 6.92 Å². The molecule has 0 spiro atoms. The number of anilines is 1. The third-order valence-corrected chi connectivity index (χ3v) is 8.67. The van der Waals surface area contributed by atoms with Crippen LogP contribution in [0.15, 0.2) is 35.1 Å². The molecule has 0 saturated carbocycles. The van der Waals surface area contributed by atoms with Crippen LogP contribution in [0, 0.1) is 11.6 Å². The Morgan fingerprint density at radius 2 is 2.02 bits per heavy atom. The number of ether oxygens (including phenoxy) is 1. The van der Waals surface area contributed by atoms with Crippen LogP contribution >= 0.6 is 0 Å². The fraction of sp³-hybridized carbons (Fsp3) is 0.448. The van der Waals surface area contributed by atoms with Crippen molar-refractivity contribution in [2.75, 3.05) is 44.2 Å². The first kappa shape index (κ1) is 26.1. The zero-order valence-corrected chi connectivity index (χ0v) is 22.6. The van der Waals surface area contributed by atoms with E-state index in [0.717, 1.165) is 19.4 Å². The van der Waals surface area contributed by atoms with Crippen molar-refractivity contribution in [3.8, 4) is 17.4 Å². The zero-order valence-electron chi connectivity index (χ0n) is 22.6. The minimum absolute atomic E-state index is 0.0481. The van der Waals surface area contributed by atoms with E-state index in [1.54, 1.807) is 6.07 Å². The monoisotopic (exact) mass is 565 g/mol. The molecule has 0 unspecified atom stereocenters.